The number of rotatable bonds is 8. The first kappa shape index (κ1) is 21.8. The SMILES string of the molecule is Cc1ccc2c(CNCCc3ccccc3C)c(C(=O)O)n(Cc3ccccc3F)c2c1. The Kier molecular flexibility index (Phi) is 6.37. The number of carboxylic acids is 1. The molecule has 0 spiro atoms. The predicted molar refractivity (Wildman–Crippen MR) is 126 cm³/mol. The molecule has 0 saturated carbocycles. The minimum atomic E-state index is -1.01. The van der Waals surface area contributed by atoms with E-state index in [1.54, 1.807) is 22.8 Å². The Hall–Kier alpha value is -3.44. The van der Waals surface area contributed by atoms with Crippen LogP contribution in [0.5, 0.6) is 0 Å². The minimum Gasteiger partial charge on any atom is -0.477 e. The van der Waals surface area contributed by atoms with Crippen LogP contribution in [0.3, 0.4) is 0 Å². The van der Waals surface area contributed by atoms with Gasteiger partial charge in [-0.15, -0.1) is 0 Å². The molecule has 2 N–H and O–H groups in total. The van der Waals surface area contributed by atoms with Crippen molar-refractivity contribution in [2.75, 3.05) is 6.54 Å². The smallest absolute Gasteiger partial charge is 0.352 e. The maximum Gasteiger partial charge on any atom is 0.352 e. The van der Waals surface area contributed by atoms with Crippen molar-refractivity contribution >= 4 is 16.9 Å². The van der Waals surface area contributed by atoms with E-state index in [0.29, 0.717) is 12.1 Å². The van der Waals surface area contributed by atoms with Gasteiger partial charge in [0.15, 0.2) is 0 Å². The van der Waals surface area contributed by atoms with Crippen LogP contribution in [0.25, 0.3) is 10.9 Å². The monoisotopic (exact) mass is 430 g/mol. The second-order valence-corrected chi connectivity index (χ2v) is 8.18. The number of aromatic nitrogens is 1. The number of nitrogens with one attached hydrogen (secondary N) is 1. The van der Waals surface area contributed by atoms with Crippen molar-refractivity contribution in [3.05, 3.63) is 106 Å². The Balaban J connectivity index is 1.67. The van der Waals surface area contributed by atoms with Gasteiger partial charge >= 0.3 is 5.97 Å². The molecule has 3 aromatic carbocycles. The lowest BCUT2D eigenvalue weighted by Crippen LogP contribution is -2.20. The third-order valence-corrected chi connectivity index (χ3v) is 5.95. The molecule has 0 saturated heterocycles. The molecule has 0 aliphatic heterocycles. The Morgan fingerprint density at radius 3 is 2.44 bits per heavy atom. The summed E-state index contributed by atoms with van der Waals surface area (Å²) in [6, 6.07) is 20.7. The average molecular weight is 431 g/mol. The van der Waals surface area contributed by atoms with Crippen LogP contribution in [0.1, 0.15) is 38.3 Å². The largest absolute Gasteiger partial charge is 0.477 e. The molecular weight excluding hydrogens is 403 g/mol. The molecule has 4 rings (SSSR count). The molecule has 1 heterocycles. The molecule has 0 bridgehead atoms. The van der Waals surface area contributed by atoms with Crippen LogP contribution in [-0.2, 0) is 19.5 Å². The summed E-state index contributed by atoms with van der Waals surface area (Å²) >= 11 is 0. The van der Waals surface area contributed by atoms with Gasteiger partial charge in [-0.2, -0.15) is 0 Å². The zero-order valence-electron chi connectivity index (χ0n) is 18.4. The van der Waals surface area contributed by atoms with Gasteiger partial charge in [0.05, 0.1) is 6.54 Å². The molecule has 32 heavy (non-hydrogen) atoms. The third kappa shape index (κ3) is 4.43. The summed E-state index contributed by atoms with van der Waals surface area (Å²) in [6.45, 7) is 5.39. The number of nitrogens with zero attached hydrogens (tertiary/aromatic N) is 1. The number of hydrogen-bond acceptors (Lipinski definition) is 2. The van der Waals surface area contributed by atoms with Gasteiger partial charge in [0, 0.05) is 28.6 Å². The topological polar surface area (TPSA) is 54.3 Å². The molecular formula is C27H27FN2O2. The van der Waals surface area contributed by atoms with Crippen molar-refractivity contribution in [1.82, 2.24) is 9.88 Å². The van der Waals surface area contributed by atoms with E-state index < -0.39 is 5.97 Å². The zero-order valence-corrected chi connectivity index (χ0v) is 18.4. The van der Waals surface area contributed by atoms with E-state index in [2.05, 4.69) is 24.4 Å². The number of fused-ring (bicyclic) bond motifs is 1. The van der Waals surface area contributed by atoms with Gasteiger partial charge in [0.1, 0.15) is 11.5 Å². The molecule has 0 amide bonds. The quantitative estimate of drug-likeness (QED) is 0.364. The Bertz CT molecular complexity index is 1280. The number of hydrogen-bond donors (Lipinski definition) is 2. The lowest BCUT2D eigenvalue weighted by Gasteiger charge is -2.11. The number of halogens is 1. The molecule has 0 aliphatic rings. The Morgan fingerprint density at radius 2 is 1.72 bits per heavy atom. The Labute approximate surface area is 187 Å². The van der Waals surface area contributed by atoms with Gasteiger partial charge in [-0.1, -0.05) is 54.6 Å². The summed E-state index contributed by atoms with van der Waals surface area (Å²) in [5, 5.41) is 14.4. The molecule has 4 aromatic rings. The summed E-state index contributed by atoms with van der Waals surface area (Å²) < 4.78 is 16.1. The van der Waals surface area contributed by atoms with E-state index in [-0.39, 0.29) is 18.1 Å². The maximum absolute atomic E-state index is 14.4. The molecule has 0 aliphatic carbocycles. The van der Waals surface area contributed by atoms with E-state index in [1.807, 2.05) is 37.3 Å². The molecule has 5 heteroatoms. The van der Waals surface area contributed by atoms with Gasteiger partial charge in [-0.3, -0.25) is 0 Å². The highest BCUT2D eigenvalue weighted by Gasteiger charge is 2.23. The Morgan fingerprint density at radius 1 is 1.00 bits per heavy atom. The van der Waals surface area contributed by atoms with Crippen LogP contribution in [-0.4, -0.2) is 22.2 Å². The highest BCUT2D eigenvalue weighted by Crippen LogP contribution is 2.29. The van der Waals surface area contributed by atoms with Crippen molar-refractivity contribution in [2.45, 2.75) is 33.4 Å². The predicted octanol–water partition coefficient (Wildman–Crippen LogP) is 5.48. The van der Waals surface area contributed by atoms with Crippen molar-refractivity contribution in [3.8, 4) is 0 Å². The van der Waals surface area contributed by atoms with Crippen molar-refractivity contribution in [3.63, 3.8) is 0 Å². The second kappa shape index (κ2) is 9.37. The molecule has 0 fully saturated rings. The molecule has 1 aromatic heterocycles. The van der Waals surface area contributed by atoms with Gasteiger partial charge in [-0.25, -0.2) is 9.18 Å². The third-order valence-electron chi connectivity index (χ3n) is 5.95. The van der Waals surface area contributed by atoms with E-state index in [1.165, 1.54) is 17.2 Å². The number of aromatic carboxylic acids is 1. The minimum absolute atomic E-state index is 0.164. The average Bonchev–Trinajstić information content (AvgIpc) is 3.06. The number of benzene rings is 3. The summed E-state index contributed by atoms with van der Waals surface area (Å²) in [5.74, 6) is -1.35. The summed E-state index contributed by atoms with van der Waals surface area (Å²) in [7, 11) is 0. The highest BCUT2D eigenvalue weighted by molar-refractivity contribution is 5.98. The van der Waals surface area contributed by atoms with E-state index in [9.17, 15) is 14.3 Å². The van der Waals surface area contributed by atoms with Gasteiger partial charge in [-0.05, 0) is 55.6 Å². The molecule has 0 unspecified atom stereocenters. The summed E-state index contributed by atoms with van der Waals surface area (Å²) in [6.07, 6.45) is 0.863. The fourth-order valence-corrected chi connectivity index (χ4v) is 4.24. The molecule has 164 valence electrons. The summed E-state index contributed by atoms with van der Waals surface area (Å²) in [4.78, 5) is 12.3. The van der Waals surface area contributed by atoms with Crippen LogP contribution < -0.4 is 5.32 Å². The number of aryl methyl sites for hydroxylation is 2. The maximum atomic E-state index is 14.4. The van der Waals surface area contributed by atoms with E-state index in [0.717, 1.165) is 35.0 Å². The standard InChI is InChI=1S/C27H27FN2O2/c1-18-11-12-22-23(16-29-14-13-20-8-4-3-7-19(20)2)26(27(31)32)30(25(22)15-18)17-21-9-5-6-10-24(21)28/h3-12,15,29H,13-14,16-17H2,1-2H3,(H,31,32). The lowest BCUT2D eigenvalue weighted by molar-refractivity contribution is 0.0684. The normalized spacial score (nSPS) is 11.2. The first-order valence-corrected chi connectivity index (χ1v) is 10.8. The lowest BCUT2D eigenvalue weighted by atomic mass is 10.1. The van der Waals surface area contributed by atoms with E-state index in [4.69, 9.17) is 0 Å². The van der Waals surface area contributed by atoms with Crippen LogP contribution in [0, 0.1) is 19.7 Å². The van der Waals surface area contributed by atoms with E-state index >= 15 is 0 Å². The van der Waals surface area contributed by atoms with Crippen LogP contribution in [0.4, 0.5) is 4.39 Å². The van der Waals surface area contributed by atoms with Crippen molar-refractivity contribution < 1.29 is 14.3 Å². The highest BCUT2D eigenvalue weighted by atomic mass is 19.1. The van der Waals surface area contributed by atoms with Crippen LogP contribution in [0.15, 0.2) is 66.7 Å². The number of carboxylic acid groups (broad SMARTS) is 1. The van der Waals surface area contributed by atoms with Crippen LogP contribution in [0.2, 0.25) is 0 Å². The van der Waals surface area contributed by atoms with Gasteiger partial charge in [0.25, 0.3) is 0 Å². The number of carbonyl (C=O) groups is 1. The summed E-state index contributed by atoms with van der Waals surface area (Å²) in [5.41, 5.74) is 5.76. The fraction of sp³-hybridized carbons (Fsp3) is 0.222. The van der Waals surface area contributed by atoms with Crippen LogP contribution >= 0.6 is 0 Å². The fourth-order valence-electron chi connectivity index (χ4n) is 4.24. The van der Waals surface area contributed by atoms with Gasteiger partial charge in [0.2, 0.25) is 0 Å². The van der Waals surface area contributed by atoms with Crippen molar-refractivity contribution in [2.24, 2.45) is 0 Å². The second-order valence-electron chi connectivity index (χ2n) is 8.18. The van der Waals surface area contributed by atoms with Crippen molar-refractivity contribution in [1.29, 1.82) is 0 Å². The first-order chi connectivity index (χ1) is 15.5. The van der Waals surface area contributed by atoms with Gasteiger partial charge < -0.3 is 15.0 Å². The molecule has 0 radical (unpaired) electrons. The zero-order chi connectivity index (χ0) is 22.7. The first-order valence-electron chi connectivity index (χ1n) is 10.8. The molecule has 4 nitrogen and oxygen atoms in total. The molecule has 0 atom stereocenters.